The van der Waals surface area contributed by atoms with E-state index in [9.17, 15) is 4.79 Å². The number of nitrogens with one attached hydrogen (secondary N) is 1. The lowest BCUT2D eigenvalue weighted by Crippen LogP contribution is -2.17. The van der Waals surface area contributed by atoms with E-state index in [4.69, 9.17) is 35.4 Å². The van der Waals surface area contributed by atoms with E-state index in [1.165, 1.54) is 11.8 Å². The number of hydrogen-bond acceptors (Lipinski definition) is 3. The minimum atomic E-state index is -0.161. The number of thiocarbonyl (C=S) groups is 1. The number of para-hydroxylation sites is 1. The predicted molar refractivity (Wildman–Crippen MR) is 114 cm³/mol. The molecule has 0 spiro atoms. The summed E-state index contributed by atoms with van der Waals surface area (Å²) in [7, 11) is 0. The zero-order chi connectivity index (χ0) is 18.3. The van der Waals surface area contributed by atoms with Crippen molar-refractivity contribution in [3.8, 4) is 0 Å². The molecule has 1 aromatic heterocycles. The average Bonchev–Trinajstić information content (AvgIpc) is 3.11. The van der Waals surface area contributed by atoms with Crippen LogP contribution in [0.4, 0.5) is 0 Å². The van der Waals surface area contributed by atoms with E-state index in [1.54, 1.807) is 0 Å². The molecule has 0 atom stereocenters. The van der Waals surface area contributed by atoms with Crippen LogP contribution in [0.2, 0.25) is 10.0 Å². The van der Waals surface area contributed by atoms with E-state index in [-0.39, 0.29) is 5.91 Å². The summed E-state index contributed by atoms with van der Waals surface area (Å²) >= 11 is 19.0. The molecule has 130 valence electrons. The third-order valence-corrected chi connectivity index (χ3v) is 6.01. The third-order valence-electron chi connectivity index (χ3n) is 4.14. The van der Waals surface area contributed by atoms with Gasteiger partial charge in [0.25, 0.3) is 5.91 Å². The first-order chi connectivity index (χ1) is 12.5. The van der Waals surface area contributed by atoms with Gasteiger partial charge in [-0.1, -0.05) is 71.4 Å². The largest absolute Gasteiger partial charge is 0.342 e. The highest BCUT2D eigenvalue weighted by molar-refractivity contribution is 8.26. The van der Waals surface area contributed by atoms with Crippen molar-refractivity contribution in [3.63, 3.8) is 0 Å². The maximum absolute atomic E-state index is 12.0. The molecule has 2 aromatic carbocycles. The van der Waals surface area contributed by atoms with Gasteiger partial charge in [0.1, 0.15) is 4.32 Å². The van der Waals surface area contributed by atoms with Crippen LogP contribution < -0.4 is 5.32 Å². The fourth-order valence-corrected chi connectivity index (χ4v) is 4.49. The molecule has 0 saturated carbocycles. The Kier molecular flexibility index (Phi) is 4.80. The molecule has 7 heteroatoms. The molecule has 4 rings (SSSR count). The van der Waals surface area contributed by atoms with Gasteiger partial charge in [-0.05, 0) is 24.3 Å². The molecule has 1 amide bonds. The number of nitrogens with zero attached hydrogens (tertiary/aromatic N) is 1. The second kappa shape index (κ2) is 7.08. The minimum absolute atomic E-state index is 0.161. The van der Waals surface area contributed by atoms with Crippen LogP contribution in [-0.2, 0) is 11.3 Å². The van der Waals surface area contributed by atoms with Gasteiger partial charge in [-0.15, -0.1) is 0 Å². The van der Waals surface area contributed by atoms with Crippen LogP contribution in [0.3, 0.4) is 0 Å². The second-order valence-electron chi connectivity index (χ2n) is 5.78. The number of carbonyl (C=O) groups excluding carboxylic acids is 1. The molecule has 2 heterocycles. The molecular formula is C19H12Cl2N2OS2. The van der Waals surface area contributed by atoms with Crippen LogP contribution in [-0.4, -0.2) is 14.8 Å². The van der Waals surface area contributed by atoms with E-state index >= 15 is 0 Å². The summed E-state index contributed by atoms with van der Waals surface area (Å²) in [6.45, 7) is 0.542. The Morgan fingerprint density at radius 1 is 1.12 bits per heavy atom. The zero-order valence-electron chi connectivity index (χ0n) is 13.3. The molecule has 3 aromatic rings. The first-order valence-electron chi connectivity index (χ1n) is 7.78. The first-order valence-corrected chi connectivity index (χ1v) is 9.76. The summed E-state index contributed by atoms with van der Waals surface area (Å²) in [5, 5.41) is 4.95. The van der Waals surface area contributed by atoms with Gasteiger partial charge in [0.15, 0.2) is 0 Å². The number of benzene rings is 2. The molecule has 26 heavy (non-hydrogen) atoms. The average molecular weight is 419 g/mol. The molecule has 1 N–H and O–H groups in total. The highest BCUT2D eigenvalue weighted by Gasteiger charge is 2.22. The van der Waals surface area contributed by atoms with E-state index < -0.39 is 0 Å². The Balaban J connectivity index is 1.81. The topological polar surface area (TPSA) is 34.0 Å². The van der Waals surface area contributed by atoms with Crippen molar-refractivity contribution >= 4 is 74.4 Å². The zero-order valence-corrected chi connectivity index (χ0v) is 16.5. The standard InChI is InChI=1S/C19H12Cl2N2OS2/c20-14-5-3-6-15(21)13(14)10-23-9-11(12-4-1-2-7-16(12)23)8-17-18(24)22-19(25)26-17/h1-9H,10H2,(H,22,24,25)/b17-8+. The highest BCUT2D eigenvalue weighted by Crippen LogP contribution is 2.32. The van der Waals surface area contributed by atoms with Gasteiger partial charge < -0.3 is 9.88 Å². The third kappa shape index (κ3) is 3.28. The summed E-state index contributed by atoms with van der Waals surface area (Å²) in [6, 6.07) is 13.5. The minimum Gasteiger partial charge on any atom is -0.342 e. The van der Waals surface area contributed by atoms with Crippen molar-refractivity contribution in [2.75, 3.05) is 0 Å². The van der Waals surface area contributed by atoms with E-state index in [2.05, 4.69) is 9.88 Å². The van der Waals surface area contributed by atoms with Gasteiger partial charge in [-0.25, -0.2) is 0 Å². The Hall–Kier alpha value is -1.79. The summed E-state index contributed by atoms with van der Waals surface area (Å²) in [5.41, 5.74) is 2.86. The lowest BCUT2D eigenvalue weighted by molar-refractivity contribution is -0.115. The molecule has 1 fully saturated rings. The number of halogens is 2. The predicted octanol–water partition coefficient (Wildman–Crippen LogP) is 5.49. The Morgan fingerprint density at radius 3 is 2.54 bits per heavy atom. The monoisotopic (exact) mass is 418 g/mol. The number of carbonyl (C=O) groups is 1. The first kappa shape index (κ1) is 17.6. The van der Waals surface area contributed by atoms with Crippen LogP contribution in [0.25, 0.3) is 17.0 Å². The number of amides is 1. The number of fused-ring (bicyclic) bond motifs is 1. The molecule has 0 bridgehead atoms. The number of aromatic nitrogens is 1. The van der Waals surface area contributed by atoms with Crippen LogP contribution >= 0.6 is 47.2 Å². The normalized spacial score (nSPS) is 15.8. The van der Waals surface area contributed by atoms with Crippen LogP contribution in [0.1, 0.15) is 11.1 Å². The van der Waals surface area contributed by atoms with Gasteiger partial charge in [0, 0.05) is 38.3 Å². The van der Waals surface area contributed by atoms with Crippen molar-refractivity contribution in [1.82, 2.24) is 9.88 Å². The summed E-state index contributed by atoms with van der Waals surface area (Å²) < 4.78 is 2.57. The molecule has 1 aliphatic heterocycles. The van der Waals surface area contributed by atoms with Crippen LogP contribution in [0.15, 0.2) is 53.6 Å². The van der Waals surface area contributed by atoms with Crippen LogP contribution in [0, 0.1) is 0 Å². The van der Waals surface area contributed by atoms with Gasteiger partial charge in [0.2, 0.25) is 0 Å². The smallest absolute Gasteiger partial charge is 0.263 e. The Morgan fingerprint density at radius 2 is 1.85 bits per heavy atom. The van der Waals surface area contributed by atoms with Crippen molar-refractivity contribution in [2.45, 2.75) is 6.54 Å². The number of rotatable bonds is 3. The maximum atomic E-state index is 12.0. The van der Waals surface area contributed by atoms with Crippen LogP contribution in [0.5, 0.6) is 0 Å². The highest BCUT2D eigenvalue weighted by atomic mass is 35.5. The van der Waals surface area contributed by atoms with Crippen molar-refractivity contribution in [3.05, 3.63) is 74.7 Å². The van der Waals surface area contributed by atoms with Gasteiger partial charge >= 0.3 is 0 Å². The summed E-state index contributed by atoms with van der Waals surface area (Å²) in [4.78, 5) is 12.6. The van der Waals surface area contributed by atoms with Gasteiger partial charge in [0.05, 0.1) is 11.4 Å². The second-order valence-corrected chi connectivity index (χ2v) is 8.32. The SMILES string of the molecule is O=C1NC(=S)S/C1=C/c1cn(Cc2c(Cl)cccc2Cl)c2ccccc12. The molecule has 0 aliphatic carbocycles. The fraction of sp³-hybridized carbons (Fsp3) is 0.0526. The van der Waals surface area contributed by atoms with Crippen molar-refractivity contribution in [1.29, 1.82) is 0 Å². The molecule has 1 aliphatic rings. The van der Waals surface area contributed by atoms with E-state index in [0.717, 1.165) is 22.0 Å². The maximum Gasteiger partial charge on any atom is 0.263 e. The molecule has 0 radical (unpaired) electrons. The lowest BCUT2D eigenvalue weighted by Gasteiger charge is -2.09. The lowest BCUT2D eigenvalue weighted by atomic mass is 10.1. The fourth-order valence-electron chi connectivity index (χ4n) is 2.94. The Labute approximate surface area is 170 Å². The Bertz CT molecular complexity index is 1070. The van der Waals surface area contributed by atoms with Crippen molar-refractivity contribution < 1.29 is 4.79 Å². The summed E-state index contributed by atoms with van der Waals surface area (Å²) in [5.74, 6) is -0.161. The van der Waals surface area contributed by atoms with Gasteiger partial charge in [-0.2, -0.15) is 0 Å². The van der Waals surface area contributed by atoms with Crippen molar-refractivity contribution in [2.24, 2.45) is 0 Å². The van der Waals surface area contributed by atoms with E-state index in [0.29, 0.717) is 25.8 Å². The van der Waals surface area contributed by atoms with Gasteiger partial charge in [-0.3, -0.25) is 4.79 Å². The number of thioether (sulfide) groups is 1. The number of hydrogen-bond donors (Lipinski definition) is 1. The molecule has 0 unspecified atom stereocenters. The van der Waals surface area contributed by atoms with E-state index in [1.807, 2.05) is 54.7 Å². The molecule has 3 nitrogen and oxygen atoms in total. The quantitative estimate of drug-likeness (QED) is 0.451. The molecule has 1 saturated heterocycles. The molecular weight excluding hydrogens is 407 g/mol. The summed E-state index contributed by atoms with van der Waals surface area (Å²) in [6.07, 6.45) is 3.87.